The van der Waals surface area contributed by atoms with E-state index in [1.807, 2.05) is 4.72 Å². The van der Waals surface area contributed by atoms with Gasteiger partial charge in [0, 0.05) is 12.3 Å². The average molecular weight is 519 g/mol. The van der Waals surface area contributed by atoms with Crippen LogP contribution >= 0.6 is 0 Å². The van der Waals surface area contributed by atoms with E-state index in [0.717, 1.165) is 12.1 Å². The lowest BCUT2D eigenvalue weighted by Crippen LogP contribution is -2.32. The topological polar surface area (TPSA) is 106 Å². The number of alkyl halides is 1. The number of carbonyl (C=O) groups is 1. The van der Waals surface area contributed by atoms with Crippen LogP contribution in [0.4, 0.5) is 8.78 Å². The van der Waals surface area contributed by atoms with Crippen molar-refractivity contribution in [3.8, 4) is 17.0 Å². The van der Waals surface area contributed by atoms with Gasteiger partial charge < -0.3 is 9.84 Å². The molecule has 0 aliphatic heterocycles. The van der Waals surface area contributed by atoms with E-state index in [1.54, 1.807) is 19.9 Å². The molecule has 0 saturated carbocycles. The fourth-order valence-electron chi connectivity index (χ4n) is 3.75. The van der Waals surface area contributed by atoms with Crippen molar-refractivity contribution in [2.75, 3.05) is 7.11 Å². The van der Waals surface area contributed by atoms with Crippen LogP contribution < -0.4 is 9.46 Å². The van der Waals surface area contributed by atoms with E-state index in [-0.39, 0.29) is 27.5 Å². The van der Waals surface area contributed by atoms with Crippen LogP contribution in [-0.4, -0.2) is 31.5 Å². The van der Waals surface area contributed by atoms with Crippen LogP contribution in [-0.2, 0) is 32.5 Å². The molecule has 0 unspecified atom stereocenters. The standard InChI is InChI=1S/C26H28F2N2O5S/c1-25(2,28)22-14-18(27)13-20(16-10-11-29-24(12-16)35-5)21(22)15-23(31)30-36(33,34)19-8-6-17(7-9-19)26(3,4)32/h6-14,32H,15H2,1-5H3,(H,30,31). The summed E-state index contributed by atoms with van der Waals surface area (Å²) < 4.78 is 62.4. The van der Waals surface area contributed by atoms with Gasteiger partial charge in [-0.2, -0.15) is 0 Å². The monoisotopic (exact) mass is 518 g/mol. The molecule has 0 spiro atoms. The Hall–Kier alpha value is -3.37. The number of amides is 1. The minimum Gasteiger partial charge on any atom is -0.481 e. The number of sulfonamides is 1. The van der Waals surface area contributed by atoms with Gasteiger partial charge in [-0.15, -0.1) is 0 Å². The van der Waals surface area contributed by atoms with Gasteiger partial charge in [0.25, 0.3) is 10.0 Å². The molecule has 36 heavy (non-hydrogen) atoms. The Morgan fingerprint density at radius 2 is 1.72 bits per heavy atom. The van der Waals surface area contributed by atoms with Crippen LogP contribution in [0, 0.1) is 5.82 Å². The second-order valence-electron chi connectivity index (χ2n) is 9.33. The van der Waals surface area contributed by atoms with Crippen LogP contribution in [0.3, 0.4) is 0 Å². The van der Waals surface area contributed by atoms with Crippen molar-refractivity contribution in [1.29, 1.82) is 0 Å². The molecular weight excluding hydrogens is 490 g/mol. The molecule has 0 saturated heterocycles. The molecule has 3 aromatic rings. The zero-order valence-electron chi connectivity index (χ0n) is 20.6. The molecule has 0 aliphatic carbocycles. The SMILES string of the molecule is COc1cc(-c2cc(F)cc(C(C)(C)F)c2CC(=O)NS(=O)(=O)c2ccc(C(C)(C)O)cc2)ccn1. The Kier molecular flexibility index (Phi) is 7.52. The maximum Gasteiger partial charge on any atom is 0.264 e. The lowest BCUT2D eigenvalue weighted by atomic mass is 9.87. The van der Waals surface area contributed by atoms with Crippen molar-refractivity contribution in [2.45, 2.75) is 50.3 Å². The highest BCUT2D eigenvalue weighted by molar-refractivity contribution is 7.90. The Morgan fingerprint density at radius 1 is 1.08 bits per heavy atom. The Bertz CT molecular complexity index is 1380. The van der Waals surface area contributed by atoms with Gasteiger partial charge >= 0.3 is 0 Å². The smallest absolute Gasteiger partial charge is 0.264 e. The van der Waals surface area contributed by atoms with Gasteiger partial charge in [0.1, 0.15) is 11.5 Å². The number of carbonyl (C=O) groups excluding carboxylic acids is 1. The fourth-order valence-corrected chi connectivity index (χ4v) is 4.74. The van der Waals surface area contributed by atoms with E-state index in [1.165, 1.54) is 57.5 Å². The van der Waals surface area contributed by atoms with Gasteiger partial charge in [-0.3, -0.25) is 4.79 Å². The van der Waals surface area contributed by atoms with Crippen LogP contribution in [0.1, 0.15) is 44.4 Å². The predicted molar refractivity (Wildman–Crippen MR) is 131 cm³/mol. The summed E-state index contributed by atoms with van der Waals surface area (Å²) in [6.45, 7) is 5.56. The summed E-state index contributed by atoms with van der Waals surface area (Å²) in [5.41, 5.74) is -2.05. The van der Waals surface area contributed by atoms with E-state index in [0.29, 0.717) is 11.1 Å². The number of aromatic nitrogens is 1. The van der Waals surface area contributed by atoms with E-state index in [2.05, 4.69) is 4.98 Å². The number of hydrogen-bond acceptors (Lipinski definition) is 6. The molecule has 2 N–H and O–H groups in total. The number of aliphatic hydroxyl groups is 1. The number of halogens is 2. The third-order valence-electron chi connectivity index (χ3n) is 5.57. The van der Waals surface area contributed by atoms with Crippen LogP contribution in [0.25, 0.3) is 11.1 Å². The van der Waals surface area contributed by atoms with Gasteiger partial charge in [0.2, 0.25) is 11.8 Å². The highest BCUT2D eigenvalue weighted by Gasteiger charge is 2.29. The molecule has 192 valence electrons. The number of ether oxygens (including phenoxy) is 1. The van der Waals surface area contributed by atoms with Gasteiger partial charge in [-0.1, -0.05) is 12.1 Å². The number of nitrogens with one attached hydrogen (secondary N) is 1. The first-order valence-corrected chi connectivity index (χ1v) is 12.5. The summed E-state index contributed by atoms with van der Waals surface area (Å²) in [4.78, 5) is 16.7. The second-order valence-corrected chi connectivity index (χ2v) is 11.0. The summed E-state index contributed by atoms with van der Waals surface area (Å²) in [6.07, 6.45) is 0.884. The van der Waals surface area contributed by atoms with Crippen molar-refractivity contribution >= 4 is 15.9 Å². The zero-order chi connectivity index (χ0) is 26.9. The summed E-state index contributed by atoms with van der Waals surface area (Å²) in [5, 5.41) is 10.1. The van der Waals surface area contributed by atoms with Gasteiger partial charge in [0.05, 0.1) is 24.0 Å². The molecule has 0 radical (unpaired) electrons. The number of rotatable bonds is 8. The second kappa shape index (κ2) is 9.94. The zero-order valence-corrected chi connectivity index (χ0v) is 21.4. The fraction of sp³-hybridized carbons (Fsp3) is 0.308. The largest absolute Gasteiger partial charge is 0.481 e. The minimum absolute atomic E-state index is 0.0876. The maximum atomic E-state index is 15.1. The van der Waals surface area contributed by atoms with E-state index >= 15 is 4.39 Å². The number of benzene rings is 2. The highest BCUT2D eigenvalue weighted by Crippen LogP contribution is 2.36. The van der Waals surface area contributed by atoms with Gasteiger partial charge in [0.15, 0.2) is 0 Å². The summed E-state index contributed by atoms with van der Waals surface area (Å²) >= 11 is 0. The first kappa shape index (κ1) is 27.2. The predicted octanol–water partition coefficient (Wildman–Crippen LogP) is 4.38. The Labute approximate surface area is 209 Å². The van der Waals surface area contributed by atoms with Crippen LogP contribution in [0.5, 0.6) is 5.88 Å². The molecule has 0 fully saturated rings. The molecule has 0 bridgehead atoms. The quantitative estimate of drug-likeness (QED) is 0.459. The summed E-state index contributed by atoms with van der Waals surface area (Å²) in [5.74, 6) is -1.42. The molecule has 0 atom stereocenters. The summed E-state index contributed by atoms with van der Waals surface area (Å²) in [7, 11) is -2.86. The summed E-state index contributed by atoms with van der Waals surface area (Å²) in [6, 6.07) is 10.6. The van der Waals surface area contributed by atoms with E-state index in [9.17, 15) is 22.7 Å². The first-order valence-electron chi connectivity index (χ1n) is 11.0. The molecule has 1 amide bonds. The molecule has 3 rings (SSSR count). The lowest BCUT2D eigenvalue weighted by Gasteiger charge is -2.22. The van der Waals surface area contributed by atoms with E-state index in [4.69, 9.17) is 4.74 Å². The van der Waals surface area contributed by atoms with Crippen LogP contribution in [0.2, 0.25) is 0 Å². The Morgan fingerprint density at radius 3 is 2.28 bits per heavy atom. The number of nitrogens with zero attached hydrogens (tertiary/aromatic N) is 1. The molecule has 7 nitrogen and oxygen atoms in total. The van der Waals surface area contributed by atoms with E-state index < -0.39 is 39.4 Å². The molecule has 10 heteroatoms. The maximum absolute atomic E-state index is 15.1. The molecule has 1 heterocycles. The number of hydrogen-bond donors (Lipinski definition) is 2. The number of methoxy groups -OCH3 is 1. The van der Waals surface area contributed by atoms with Crippen molar-refractivity contribution in [3.63, 3.8) is 0 Å². The first-order chi connectivity index (χ1) is 16.6. The molecule has 2 aromatic carbocycles. The average Bonchev–Trinajstić information content (AvgIpc) is 2.78. The third kappa shape index (κ3) is 6.24. The van der Waals surface area contributed by atoms with Crippen LogP contribution in [0.15, 0.2) is 59.6 Å². The van der Waals surface area contributed by atoms with Gasteiger partial charge in [-0.05, 0) is 85.8 Å². The molecule has 1 aromatic heterocycles. The van der Waals surface area contributed by atoms with Gasteiger partial charge in [-0.25, -0.2) is 26.9 Å². The lowest BCUT2D eigenvalue weighted by molar-refractivity contribution is -0.118. The molecular formula is C26H28F2N2O5S. The minimum atomic E-state index is -4.27. The van der Waals surface area contributed by atoms with Crippen molar-refractivity contribution in [2.24, 2.45) is 0 Å². The highest BCUT2D eigenvalue weighted by atomic mass is 32.2. The Balaban J connectivity index is 2.00. The van der Waals surface area contributed by atoms with Crippen molar-refractivity contribution in [3.05, 3.63) is 77.2 Å². The number of pyridine rings is 1. The van der Waals surface area contributed by atoms with Crippen molar-refractivity contribution < 1.29 is 31.8 Å². The normalized spacial score (nSPS) is 12.3. The van der Waals surface area contributed by atoms with Crippen molar-refractivity contribution in [1.82, 2.24) is 9.71 Å². The third-order valence-corrected chi connectivity index (χ3v) is 6.96. The molecule has 0 aliphatic rings.